The van der Waals surface area contributed by atoms with Crippen LogP contribution in [0.5, 0.6) is 5.75 Å². The second-order valence-corrected chi connectivity index (χ2v) is 21.2. The number of fused-ring (bicyclic) bond motifs is 1. The third-order valence-electron chi connectivity index (χ3n) is 12.4. The predicted octanol–water partition coefficient (Wildman–Crippen LogP) is 3.22. The molecule has 4 aromatic rings. The number of carbonyl (C=O) groups excluding carboxylic acids is 3. The minimum Gasteiger partial charge on any atom is -0.505 e. The Morgan fingerprint density at radius 1 is 0.640 bits per heavy atom. The van der Waals surface area contributed by atoms with Gasteiger partial charge in [-0.2, -0.15) is 21.9 Å². The first-order chi connectivity index (χ1) is 35.1. The van der Waals surface area contributed by atoms with E-state index in [0.29, 0.717) is 28.6 Å². The number of aromatic hydroxyl groups is 1. The minimum absolute atomic E-state index is 0.0202. The van der Waals surface area contributed by atoms with Gasteiger partial charge >= 0.3 is 17.9 Å². The zero-order valence-corrected chi connectivity index (χ0v) is 43.2. The molecule has 10 N–H and O–H groups in total. The van der Waals surface area contributed by atoms with Crippen LogP contribution in [0, 0.1) is 19.8 Å². The number of carboxylic acids is 3. The van der Waals surface area contributed by atoms with E-state index in [1.807, 2.05) is 6.07 Å². The molecule has 0 bridgehead atoms. The summed E-state index contributed by atoms with van der Waals surface area (Å²) >= 11 is 0. The van der Waals surface area contributed by atoms with Gasteiger partial charge in [0.25, 0.3) is 20.2 Å². The Kier molecular flexibility index (Phi) is 20.0. The number of nitrogens with one attached hydrogen (secondary N) is 2. The van der Waals surface area contributed by atoms with E-state index < -0.39 is 82.6 Å². The lowest BCUT2D eigenvalue weighted by atomic mass is 9.99. The summed E-state index contributed by atoms with van der Waals surface area (Å²) in [6.45, 7) is 7.09. The number of hydrogen-bond donors (Lipinski definition) is 9. The Morgan fingerprint density at radius 3 is 1.55 bits per heavy atom. The van der Waals surface area contributed by atoms with Crippen LogP contribution in [0.3, 0.4) is 0 Å². The highest BCUT2D eigenvalue weighted by Gasteiger charge is 2.28. The number of hydrogen-bond acceptors (Lipinski definition) is 18. The van der Waals surface area contributed by atoms with Gasteiger partial charge in [0.1, 0.15) is 27.3 Å². The van der Waals surface area contributed by atoms with Crippen molar-refractivity contribution in [2.24, 2.45) is 16.1 Å². The fraction of sp³-hybridized carbons (Fsp3) is 0.417. The molecule has 27 heteroatoms. The Morgan fingerprint density at radius 2 is 1.09 bits per heavy atom. The lowest BCUT2D eigenvalue weighted by Gasteiger charge is -2.33. The van der Waals surface area contributed by atoms with Crippen LogP contribution in [-0.4, -0.2) is 186 Å². The Balaban J connectivity index is 1.33. The van der Waals surface area contributed by atoms with E-state index in [1.165, 1.54) is 6.07 Å². The molecule has 1 saturated heterocycles. The number of rotatable bonds is 20. The van der Waals surface area contributed by atoms with Crippen LogP contribution in [0.2, 0.25) is 0 Å². The number of anilines is 2. The number of nitrogens with zero attached hydrogens (tertiary/aromatic N) is 6. The molecule has 0 spiro atoms. The number of aliphatic carboxylic acids is 3. The van der Waals surface area contributed by atoms with Crippen LogP contribution in [0.1, 0.15) is 37.8 Å². The summed E-state index contributed by atoms with van der Waals surface area (Å²) in [6.07, 6.45) is -0.0492. The average molecular weight is 1080 g/mol. The molecule has 0 saturated carbocycles. The molecule has 1 atom stereocenters. The normalized spacial score (nSPS) is 15.6. The molecule has 5 rings (SSSR count). The fourth-order valence-electron chi connectivity index (χ4n) is 8.29. The summed E-state index contributed by atoms with van der Waals surface area (Å²) in [5, 5.41) is 52.8. The Bertz CT molecular complexity index is 3070. The van der Waals surface area contributed by atoms with Gasteiger partial charge in [0.15, 0.2) is 5.75 Å². The number of carbonyl (C=O) groups is 6. The number of amides is 2. The summed E-state index contributed by atoms with van der Waals surface area (Å²) in [5.41, 5.74) is 8.41. The van der Waals surface area contributed by atoms with Gasteiger partial charge in [-0.1, -0.05) is 32.0 Å². The van der Waals surface area contributed by atoms with E-state index >= 15 is 0 Å². The summed E-state index contributed by atoms with van der Waals surface area (Å²) in [6, 6.07) is 12.0. The molecule has 1 heterocycles. The second kappa shape index (κ2) is 25.5. The van der Waals surface area contributed by atoms with Crippen molar-refractivity contribution in [3.63, 3.8) is 0 Å². The van der Waals surface area contributed by atoms with Crippen molar-refractivity contribution in [2.45, 2.75) is 56.4 Å². The van der Waals surface area contributed by atoms with E-state index in [1.54, 1.807) is 77.6 Å². The fourth-order valence-corrected chi connectivity index (χ4v) is 9.73. The van der Waals surface area contributed by atoms with E-state index in [4.69, 9.17) is 5.73 Å². The quantitative estimate of drug-likeness (QED) is 0.0348. The predicted molar refractivity (Wildman–Crippen MR) is 273 cm³/mol. The molecule has 0 aromatic heterocycles. The van der Waals surface area contributed by atoms with Crippen molar-refractivity contribution in [2.75, 3.05) is 89.6 Å². The second-order valence-electron chi connectivity index (χ2n) is 18.4. The topological polar surface area (TPSA) is 380 Å². The minimum atomic E-state index is -5.11. The molecule has 1 fully saturated rings. The maximum atomic E-state index is 14.0. The van der Waals surface area contributed by atoms with Gasteiger partial charge in [-0.15, -0.1) is 5.11 Å². The van der Waals surface area contributed by atoms with Crippen molar-refractivity contribution in [1.82, 2.24) is 24.9 Å². The van der Waals surface area contributed by atoms with Crippen molar-refractivity contribution in [1.29, 1.82) is 0 Å². The highest BCUT2D eigenvalue weighted by atomic mass is 32.2. The number of nitrogen functional groups attached to an aromatic ring is 1. The summed E-state index contributed by atoms with van der Waals surface area (Å²) in [4.78, 5) is 80.2. The van der Waals surface area contributed by atoms with Gasteiger partial charge in [0.2, 0.25) is 11.8 Å². The van der Waals surface area contributed by atoms with Crippen LogP contribution in [-0.2, 0) is 49.0 Å². The summed E-state index contributed by atoms with van der Waals surface area (Å²) in [7, 11) is -10.2. The number of aryl methyl sites for hydroxylation is 2. The van der Waals surface area contributed by atoms with Gasteiger partial charge in [0.05, 0.1) is 42.9 Å². The third-order valence-corrected chi connectivity index (χ3v) is 14.2. The van der Waals surface area contributed by atoms with Crippen LogP contribution in [0.15, 0.2) is 74.6 Å². The van der Waals surface area contributed by atoms with E-state index in [9.17, 15) is 75.1 Å². The first-order valence-electron chi connectivity index (χ1n) is 23.5. The summed E-state index contributed by atoms with van der Waals surface area (Å²) < 4.78 is 67.7. The number of phenolic OH excluding ortho intramolecular Hbond substituents is 1. The number of phenols is 1. The first kappa shape index (κ1) is 58.9. The monoisotopic (exact) mass is 1080 g/mol. The zero-order valence-electron chi connectivity index (χ0n) is 41.6. The zero-order chi connectivity index (χ0) is 55.5. The van der Waals surface area contributed by atoms with Crippen LogP contribution in [0.25, 0.3) is 21.9 Å². The van der Waals surface area contributed by atoms with Crippen LogP contribution >= 0.6 is 0 Å². The molecule has 0 radical (unpaired) electrons. The van der Waals surface area contributed by atoms with E-state index in [2.05, 4.69) is 20.9 Å². The maximum Gasteiger partial charge on any atom is 0.317 e. The number of carboxylic acid groups (broad SMARTS) is 3. The largest absolute Gasteiger partial charge is 0.505 e. The van der Waals surface area contributed by atoms with Crippen LogP contribution < -0.4 is 16.4 Å². The third kappa shape index (κ3) is 16.8. The molecule has 406 valence electrons. The van der Waals surface area contributed by atoms with Crippen molar-refractivity contribution >= 4 is 89.3 Å². The molecule has 1 aliphatic rings. The molecule has 25 nitrogen and oxygen atoms in total. The molecular weight excluding hydrogens is 1020 g/mol. The van der Waals surface area contributed by atoms with E-state index in [-0.39, 0.29) is 114 Å². The molecule has 4 aromatic carbocycles. The molecule has 75 heavy (non-hydrogen) atoms. The lowest BCUT2D eigenvalue weighted by Crippen LogP contribution is -2.51. The highest BCUT2D eigenvalue weighted by Crippen LogP contribution is 2.44. The van der Waals surface area contributed by atoms with Crippen LogP contribution in [0.4, 0.5) is 22.7 Å². The SMILES string of the molecule is Cc1cc(-c2ccc(NC(=O)C(CCC(=O)C(C)C)NC(=O)CN3CCN(CC(=O)O)CCN(CC(=O)O)CCN(CC(=O)O)CC3)c(C)c2)ccc1N=Nc1ccc2c(S(=O)(=O)O)cc(S(=O)(=O)O)c(N)c2c1O. The molecular formula is C48H61N9O16S2. The first-order valence-corrected chi connectivity index (χ1v) is 26.3. The number of ketones is 1. The van der Waals surface area contributed by atoms with Gasteiger partial charge in [0, 0.05) is 75.8 Å². The van der Waals surface area contributed by atoms with Crippen molar-refractivity contribution in [3.05, 3.63) is 65.7 Å². The maximum absolute atomic E-state index is 14.0. The average Bonchev–Trinajstić information content (AvgIpc) is 3.30. The van der Waals surface area contributed by atoms with Gasteiger partial charge < -0.3 is 36.8 Å². The molecule has 1 unspecified atom stereocenters. The number of azo groups is 1. The number of Topliss-reactive ketones (excluding diaryl/α,β-unsaturated/α-hetero) is 1. The Labute approximate surface area is 432 Å². The van der Waals surface area contributed by atoms with Gasteiger partial charge in [-0.3, -0.25) is 57.5 Å². The van der Waals surface area contributed by atoms with E-state index in [0.717, 1.165) is 17.2 Å². The smallest absolute Gasteiger partial charge is 0.317 e. The van der Waals surface area contributed by atoms with Gasteiger partial charge in [-0.05, 0) is 78.9 Å². The Hall–Kier alpha value is -6.98. The van der Waals surface area contributed by atoms with Crippen molar-refractivity contribution < 1.29 is 75.1 Å². The van der Waals surface area contributed by atoms with Gasteiger partial charge in [-0.25, -0.2) is 0 Å². The number of nitrogens with two attached hydrogens (primary N) is 1. The van der Waals surface area contributed by atoms with Crippen molar-refractivity contribution in [3.8, 4) is 16.9 Å². The standard InChI is InChI=1S/C48H61N9O16S2/c1-28(2)38(58)12-11-37(50-41(59)24-54-13-15-55(25-42(60)61)17-19-57(27-44(64)65)20-18-56(16-14-54)26-43(62)63)48(67)51-34-8-5-31(21-29(34)3)32-6-9-35(30(4)22-32)52-53-36-10-7-33-39(74(68,69)70)23-40(75(71,72)73)46(49)45(33)47(36)66/h5-10,21-23,28,37,66H,11-20,24-27,49H2,1-4H3,(H,50,59)(H,51,67)(H,60,61)(H,62,63)(H,64,65)(H,68,69,70)(H,71,72,73). The summed E-state index contributed by atoms with van der Waals surface area (Å²) in [5.74, 6) is -5.71. The molecule has 0 aliphatic carbocycles. The number of benzene rings is 4. The molecule has 2 amide bonds. The highest BCUT2D eigenvalue weighted by molar-refractivity contribution is 7.87. The molecule has 1 aliphatic heterocycles. The lowest BCUT2D eigenvalue weighted by molar-refractivity contribution is -0.140.